The fraction of sp³-hybridized carbons (Fsp3) is 0.250. The molecule has 6 heteroatoms. The molecule has 0 bridgehead atoms. The van der Waals surface area contributed by atoms with Crippen molar-refractivity contribution in [3.63, 3.8) is 0 Å². The van der Waals surface area contributed by atoms with Crippen LogP contribution in [0.2, 0.25) is 0 Å². The first-order valence-electron chi connectivity index (χ1n) is 5.12. The van der Waals surface area contributed by atoms with Gasteiger partial charge < -0.3 is 9.84 Å². The predicted octanol–water partition coefficient (Wildman–Crippen LogP) is 4.65. The maximum atomic E-state index is 11.3. The number of carboxylic acids is 1. The van der Waals surface area contributed by atoms with Crippen molar-refractivity contribution >= 4 is 53.8 Å². The van der Waals surface area contributed by atoms with Crippen molar-refractivity contribution in [1.82, 2.24) is 0 Å². The second kappa shape index (κ2) is 6.73. The average molecular weight is 443 g/mol. The van der Waals surface area contributed by atoms with E-state index in [0.717, 1.165) is 0 Å². The first kappa shape index (κ1) is 15.7. The average Bonchev–Trinajstić information content (AvgIpc) is 2.29. The Morgan fingerprint density at radius 1 is 1.33 bits per heavy atom. The zero-order valence-corrected chi connectivity index (χ0v) is 14.2. The van der Waals surface area contributed by atoms with Crippen LogP contribution in [-0.4, -0.2) is 15.6 Å². The van der Waals surface area contributed by atoms with E-state index in [1.165, 1.54) is 0 Å². The second-order valence-electron chi connectivity index (χ2n) is 3.44. The van der Waals surface area contributed by atoms with Gasteiger partial charge in [0.1, 0.15) is 11.3 Å². The van der Waals surface area contributed by atoms with Crippen LogP contribution in [0.25, 0.3) is 0 Å². The van der Waals surface area contributed by atoms with Gasteiger partial charge in [-0.2, -0.15) is 0 Å². The lowest BCUT2D eigenvalue weighted by Crippen LogP contribution is -2.34. The maximum absolute atomic E-state index is 11.3. The van der Waals surface area contributed by atoms with Crippen LogP contribution in [0, 0.1) is 0 Å². The number of carbonyl (C=O) groups is 1. The number of halogens is 3. The van der Waals surface area contributed by atoms with E-state index in [1.54, 1.807) is 12.1 Å². The first-order valence-corrected chi connectivity index (χ1v) is 7.50. The van der Waals surface area contributed by atoms with Gasteiger partial charge in [0, 0.05) is 0 Å². The van der Waals surface area contributed by atoms with Crippen LogP contribution in [0.5, 0.6) is 5.75 Å². The van der Waals surface area contributed by atoms with Crippen LogP contribution in [0.15, 0.2) is 39.3 Å². The Bertz CT molecular complexity index is 455. The third kappa shape index (κ3) is 3.83. The highest BCUT2D eigenvalue weighted by atomic mass is 79.9. The van der Waals surface area contributed by atoms with Crippen molar-refractivity contribution in [3.8, 4) is 5.75 Å². The van der Waals surface area contributed by atoms with Crippen LogP contribution in [0.3, 0.4) is 0 Å². The molecule has 1 N–H and O–H groups in total. The molecule has 0 aliphatic heterocycles. The van der Waals surface area contributed by atoms with Gasteiger partial charge >= 0.3 is 5.97 Å². The second-order valence-corrected chi connectivity index (χ2v) is 7.37. The van der Waals surface area contributed by atoms with E-state index >= 15 is 0 Å². The van der Waals surface area contributed by atoms with Crippen LogP contribution in [0.4, 0.5) is 0 Å². The normalized spacial score (nSPS) is 13.6. The minimum Gasteiger partial charge on any atom is -0.478 e. The lowest BCUT2D eigenvalue weighted by molar-refractivity contribution is -0.133. The monoisotopic (exact) mass is 440 g/mol. The Hall–Kier alpha value is -0.330. The van der Waals surface area contributed by atoms with Gasteiger partial charge in [-0.25, -0.2) is 4.79 Å². The highest BCUT2D eigenvalue weighted by Gasteiger charge is 2.38. The molecule has 0 radical (unpaired) electrons. The van der Waals surface area contributed by atoms with E-state index < -0.39 is 10.5 Å². The molecule has 1 unspecified atom stereocenters. The fourth-order valence-electron chi connectivity index (χ4n) is 1.36. The van der Waals surface area contributed by atoms with Crippen LogP contribution in [0.1, 0.15) is 13.3 Å². The summed E-state index contributed by atoms with van der Waals surface area (Å²) in [5, 5.41) is 9.26. The van der Waals surface area contributed by atoms with Crippen molar-refractivity contribution in [2.75, 3.05) is 0 Å². The van der Waals surface area contributed by atoms with Gasteiger partial charge in [-0.15, -0.1) is 0 Å². The van der Waals surface area contributed by atoms with Crippen molar-refractivity contribution < 1.29 is 14.6 Å². The highest BCUT2D eigenvalue weighted by molar-refractivity contribution is 9.28. The smallest absolute Gasteiger partial charge is 0.338 e. The predicted molar refractivity (Wildman–Crippen MR) is 81.5 cm³/mol. The highest BCUT2D eigenvalue weighted by Crippen LogP contribution is 2.39. The van der Waals surface area contributed by atoms with E-state index in [4.69, 9.17) is 4.74 Å². The maximum Gasteiger partial charge on any atom is 0.338 e. The number of ether oxygens (including phenoxy) is 1. The molecule has 0 saturated carbocycles. The lowest BCUT2D eigenvalue weighted by Gasteiger charge is -2.28. The molecule has 0 spiro atoms. The van der Waals surface area contributed by atoms with Gasteiger partial charge in [-0.1, -0.05) is 25.1 Å². The number of carboxylic acid groups (broad SMARTS) is 1. The van der Waals surface area contributed by atoms with Crippen molar-refractivity contribution in [3.05, 3.63) is 39.3 Å². The molecule has 0 saturated heterocycles. The Kier molecular flexibility index (Phi) is 5.88. The number of para-hydroxylation sites is 1. The van der Waals surface area contributed by atoms with E-state index in [2.05, 4.69) is 47.8 Å². The summed E-state index contributed by atoms with van der Waals surface area (Å²) in [6, 6.07) is 9.06. The number of rotatable bonds is 5. The molecule has 0 fully saturated rings. The van der Waals surface area contributed by atoms with Crippen molar-refractivity contribution in [2.45, 2.75) is 17.9 Å². The van der Waals surface area contributed by atoms with Crippen molar-refractivity contribution in [1.29, 1.82) is 0 Å². The number of aliphatic carboxylic acids is 1. The van der Waals surface area contributed by atoms with Crippen molar-refractivity contribution in [2.24, 2.45) is 0 Å². The summed E-state index contributed by atoms with van der Waals surface area (Å²) >= 11 is 9.64. The minimum absolute atomic E-state index is 0.0776. The molecular weight excluding hydrogens is 432 g/mol. The quantitative estimate of drug-likeness (QED) is 0.533. The molecule has 98 valence electrons. The largest absolute Gasteiger partial charge is 0.478 e. The summed E-state index contributed by atoms with van der Waals surface area (Å²) in [7, 11) is 0. The van der Waals surface area contributed by atoms with E-state index in [0.29, 0.717) is 15.6 Å². The number of hydrogen-bond acceptors (Lipinski definition) is 2. The summed E-state index contributed by atoms with van der Waals surface area (Å²) in [5.41, 5.74) is 0.0776. The Morgan fingerprint density at radius 2 is 1.89 bits per heavy atom. The summed E-state index contributed by atoms with van der Waals surface area (Å²) in [6.07, 6.45) is 0.449. The van der Waals surface area contributed by atoms with Crippen LogP contribution >= 0.6 is 47.8 Å². The van der Waals surface area contributed by atoms with Gasteiger partial charge in [0.2, 0.25) is 0 Å². The van der Waals surface area contributed by atoms with E-state index in [1.807, 2.05) is 25.1 Å². The van der Waals surface area contributed by atoms with Crippen LogP contribution in [-0.2, 0) is 4.79 Å². The Balaban J connectivity index is 3.13. The van der Waals surface area contributed by atoms with E-state index in [-0.39, 0.29) is 5.57 Å². The molecule has 0 aromatic heterocycles. The molecule has 1 aromatic rings. The molecule has 1 atom stereocenters. The summed E-state index contributed by atoms with van der Waals surface area (Å²) in [4.78, 5) is 11.3. The minimum atomic E-state index is -1.09. The van der Waals surface area contributed by atoms with Gasteiger partial charge in [0.05, 0.1) is 3.39 Å². The lowest BCUT2D eigenvalue weighted by atomic mass is 10.1. The SMILES string of the molecule is CCC(Br)(Oc1ccccc1)C(C(=O)O)=C(Br)Br. The standard InChI is InChI=1S/C12H11Br3O3/c1-2-12(15,9(10(13)14)11(16)17)18-8-6-4-3-5-7-8/h3-7H,2H2,1H3,(H,16,17). The molecule has 0 heterocycles. The summed E-state index contributed by atoms with van der Waals surface area (Å²) in [6.45, 7) is 1.84. The fourth-order valence-corrected chi connectivity index (χ4v) is 3.42. The molecule has 0 aliphatic rings. The Labute approximate surface area is 131 Å². The summed E-state index contributed by atoms with van der Waals surface area (Å²) in [5.74, 6) is -0.468. The number of alkyl halides is 1. The molecule has 1 aromatic carbocycles. The van der Waals surface area contributed by atoms with Gasteiger partial charge in [-0.3, -0.25) is 0 Å². The zero-order valence-electron chi connectivity index (χ0n) is 9.49. The summed E-state index contributed by atoms with van der Waals surface area (Å²) < 4.78 is 5.00. The molecule has 0 aliphatic carbocycles. The topological polar surface area (TPSA) is 46.5 Å². The van der Waals surface area contributed by atoms with E-state index in [9.17, 15) is 9.90 Å². The number of hydrogen-bond donors (Lipinski definition) is 1. The molecule has 0 amide bonds. The Morgan fingerprint density at radius 3 is 2.28 bits per heavy atom. The van der Waals surface area contributed by atoms with Gasteiger partial charge in [-0.05, 0) is 66.3 Å². The van der Waals surface area contributed by atoms with Gasteiger partial charge in [0.15, 0.2) is 4.51 Å². The third-order valence-corrected chi connectivity index (χ3v) is 4.17. The molecule has 18 heavy (non-hydrogen) atoms. The molecule has 3 nitrogen and oxygen atoms in total. The molecular formula is C12H11Br3O3. The number of benzene rings is 1. The zero-order chi connectivity index (χ0) is 13.8. The third-order valence-electron chi connectivity index (χ3n) is 2.25. The molecule has 1 rings (SSSR count). The van der Waals surface area contributed by atoms with Crippen LogP contribution < -0.4 is 4.74 Å². The van der Waals surface area contributed by atoms with Gasteiger partial charge in [0.25, 0.3) is 0 Å². The first-order chi connectivity index (χ1) is 8.40.